The lowest BCUT2D eigenvalue weighted by molar-refractivity contribution is -0.119. The molecule has 0 bridgehead atoms. The van der Waals surface area contributed by atoms with Gasteiger partial charge < -0.3 is 14.8 Å². The molecule has 0 atom stereocenters. The van der Waals surface area contributed by atoms with Gasteiger partial charge in [-0.3, -0.25) is 4.79 Å². The van der Waals surface area contributed by atoms with E-state index in [0.29, 0.717) is 18.1 Å². The SMILES string of the molecule is COc1cc(C=NNC(=O)CNc2cccc3ccccc23)ccc1OCc1ccccc1. The van der Waals surface area contributed by atoms with Crippen molar-refractivity contribution in [1.29, 1.82) is 0 Å². The first-order valence-corrected chi connectivity index (χ1v) is 10.6. The van der Waals surface area contributed by atoms with Crippen LogP contribution in [0.5, 0.6) is 11.5 Å². The number of methoxy groups -OCH3 is 1. The molecule has 33 heavy (non-hydrogen) atoms. The van der Waals surface area contributed by atoms with E-state index in [1.54, 1.807) is 13.3 Å². The number of fused-ring (bicyclic) bond motifs is 1. The highest BCUT2D eigenvalue weighted by atomic mass is 16.5. The van der Waals surface area contributed by atoms with Crippen molar-refractivity contribution in [2.45, 2.75) is 6.61 Å². The zero-order valence-corrected chi connectivity index (χ0v) is 18.3. The van der Waals surface area contributed by atoms with Crippen LogP contribution in [-0.4, -0.2) is 25.8 Å². The van der Waals surface area contributed by atoms with Gasteiger partial charge in [-0.25, -0.2) is 5.43 Å². The Morgan fingerprint density at radius 2 is 1.70 bits per heavy atom. The van der Waals surface area contributed by atoms with Crippen molar-refractivity contribution >= 4 is 28.6 Å². The minimum atomic E-state index is -0.242. The van der Waals surface area contributed by atoms with Gasteiger partial charge in [0.05, 0.1) is 19.9 Å². The number of nitrogens with zero attached hydrogens (tertiary/aromatic N) is 1. The van der Waals surface area contributed by atoms with Crippen LogP contribution in [0.4, 0.5) is 5.69 Å². The van der Waals surface area contributed by atoms with Gasteiger partial charge in [0, 0.05) is 11.1 Å². The Labute approximate surface area is 192 Å². The van der Waals surface area contributed by atoms with E-state index in [1.807, 2.05) is 91.0 Å². The number of anilines is 1. The van der Waals surface area contributed by atoms with Crippen molar-refractivity contribution in [3.63, 3.8) is 0 Å². The summed E-state index contributed by atoms with van der Waals surface area (Å²) in [4.78, 5) is 12.2. The van der Waals surface area contributed by atoms with E-state index in [-0.39, 0.29) is 12.5 Å². The summed E-state index contributed by atoms with van der Waals surface area (Å²) in [6.45, 7) is 0.561. The van der Waals surface area contributed by atoms with Crippen LogP contribution in [-0.2, 0) is 11.4 Å². The van der Waals surface area contributed by atoms with E-state index >= 15 is 0 Å². The minimum absolute atomic E-state index is 0.112. The zero-order chi connectivity index (χ0) is 22.9. The molecule has 0 saturated heterocycles. The molecule has 4 rings (SSSR count). The van der Waals surface area contributed by atoms with Gasteiger partial charge in [-0.2, -0.15) is 5.10 Å². The summed E-state index contributed by atoms with van der Waals surface area (Å²) in [6.07, 6.45) is 1.57. The maximum atomic E-state index is 12.2. The molecule has 0 spiro atoms. The fourth-order valence-electron chi connectivity index (χ4n) is 3.39. The van der Waals surface area contributed by atoms with Gasteiger partial charge in [0.1, 0.15) is 6.61 Å². The molecule has 4 aromatic carbocycles. The van der Waals surface area contributed by atoms with Crippen LogP contribution in [0, 0.1) is 0 Å². The molecule has 0 radical (unpaired) electrons. The Hall–Kier alpha value is -4.32. The molecular weight excluding hydrogens is 414 g/mol. The highest BCUT2D eigenvalue weighted by molar-refractivity contribution is 5.95. The molecule has 4 aromatic rings. The van der Waals surface area contributed by atoms with Gasteiger partial charge in [0.25, 0.3) is 5.91 Å². The normalized spacial score (nSPS) is 10.8. The predicted molar refractivity (Wildman–Crippen MR) is 132 cm³/mol. The molecule has 0 aromatic heterocycles. The van der Waals surface area contributed by atoms with Gasteiger partial charge in [-0.15, -0.1) is 0 Å². The lowest BCUT2D eigenvalue weighted by Gasteiger charge is -2.11. The number of nitrogens with one attached hydrogen (secondary N) is 2. The summed E-state index contributed by atoms with van der Waals surface area (Å²) in [5.41, 5.74) is 5.30. The van der Waals surface area contributed by atoms with Crippen LogP contribution >= 0.6 is 0 Å². The van der Waals surface area contributed by atoms with Crippen molar-refractivity contribution in [2.24, 2.45) is 5.10 Å². The average molecular weight is 440 g/mol. The highest BCUT2D eigenvalue weighted by Crippen LogP contribution is 2.28. The first kappa shape index (κ1) is 21.9. The topological polar surface area (TPSA) is 72.0 Å². The molecule has 2 N–H and O–H groups in total. The summed E-state index contributed by atoms with van der Waals surface area (Å²) >= 11 is 0. The number of amides is 1. The zero-order valence-electron chi connectivity index (χ0n) is 18.3. The first-order valence-electron chi connectivity index (χ1n) is 10.6. The van der Waals surface area contributed by atoms with Crippen LogP contribution in [0.1, 0.15) is 11.1 Å². The van der Waals surface area contributed by atoms with E-state index < -0.39 is 0 Å². The third-order valence-electron chi connectivity index (χ3n) is 5.06. The lowest BCUT2D eigenvalue weighted by atomic mass is 10.1. The summed E-state index contributed by atoms with van der Waals surface area (Å²) in [6, 6.07) is 29.4. The van der Waals surface area contributed by atoms with Gasteiger partial charge in [0.2, 0.25) is 0 Å². The number of hydrogen-bond acceptors (Lipinski definition) is 5. The third-order valence-corrected chi connectivity index (χ3v) is 5.06. The standard InChI is InChI=1S/C27H25N3O3/c1-32-26-16-21(14-15-25(26)33-19-20-8-3-2-4-9-20)17-29-30-27(31)18-28-24-13-7-11-22-10-5-6-12-23(22)24/h2-17,28H,18-19H2,1H3,(H,30,31). The molecule has 0 saturated carbocycles. The van der Waals surface area contributed by atoms with E-state index in [0.717, 1.165) is 27.6 Å². The predicted octanol–water partition coefficient (Wildman–Crippen LogP) is 4.99. The molecule has 0 aliphatic heterocycles. The number of carbonyl (C=O) groups excluding carboxylic acids is 1. The molecular formula is C27H25N3O3. The van der Waals surface area contributed by atoms with Gasteiger partial charge >= 0.3 is 0 Å². The fraction of sp³-hybridized carbons (Fsp3) is 0.111. The second-order valence-corrected chi connectivity index (χ2v) is 7.36. The average Bonchev–Trinajstić information content (AvgIpc) is 2.87. The molecule has 6 heteroatoms. The molecule has 0 aliphatic rings. The van der Waals surface area contributed by atoms with Gasteiger partial charge in [0.15, 0.2) is 11.5 Å². The number of benzene rings is 4. The van der Waals surface area contributed by atoms with Crippen LogP contribution in [0.3, 0.4) is 0 Å². The summed E-state index contributed by atoms with van der Waals surface area (Å²) in [7, 11) is 1.59. The van der Waals surface area contributed by atoms with E-state index in [9.17, 15) is 4.79 Å². The smallest absolute Gasteiger partial charge is 0.259 e. The Morgan fingerprint density at radius 1 is 0.909 bits per heavy atom. The molecule has 6 nitrogen and oxygen atoms in total. The number of ether oxygens (including phenoxy) is 2. The monoisotopic (exact) mass is 439 g/mol. The maximum absolute atomic E-state index is 12.2. The van der Waals surface area contributed by atoms with Crippen molar-refractivity contribution in [2.75, 3.05) is 19.0 Å². The van der Waals surface area contributed by atoms with Crippen molar-refractivity contribution in [1.82, 2.24) is 5.43 Å². The molecule has 0 unspecified atom stereocenters. The van der Waals surface area contributed by atoms with Crippen molar-refractivity contribution in [3.8, 4) is 11.5 Å². The number of hydrogen-bond donors (Lipinski definition) is 2. The van der Waals surface area contributed by atoms with E-state index in [2.05, 4.69) is 15.8 Å². The van der Waals surface area contributed by atoms with E-state index in [4.69, 9.17) is 9.47 Å². The Morgan fingerprint density at radius 3 is 2.55 bits per heavy atom. The summed E-state index contributed by atoms with van der Waals surface area (Å²) < 4.78 is 11.3. The van der Waals surface area contributed by atoms with Gasteiger partial charge in [-0.05, 0) is 40.8 Å². The number of carbonyl (C=O) groups is 1. The number of rotatable bonds is 9. The molecule has 166 valence electrons. The summed E-state index contributed by atoms with van der Waals surface area (Å²) in [5, 5.41) is 9.41. The number of hydrazone groups is 1. The first-order chi connectivity index (χ1) is 16.2. The van der Waals surface area contributed by atoms with Crippen LogP contribution in [0.25, 0.3) is 10.8 Å². The highest BCUT2D eigenvalue weighted by Gasteiger charge is 2.06. The second-order valence-electron chi connectivity index (χ2n) is 7.36. The Bertz CT molecular complexity index is 1250. The lowest BCUT2D eigenvalue weighted by Crippen LogP contribution is -2.25. The largest absolute Gasteiger partial charge is 0.493 e. The van der Waals surface area contributed by atoms with Gasteiger partial charge in [-0.1, -0.05) is 66.7 Å². The Kier molecular flexibility index (Phi) is 7.18. The quantitative estimate of drug-likeness (QED) is 0.285. The fourth-order valence-corrected chi connectivity index (χ4v) is 3.39. The van der Waals surface area contributed by atoms with Crippen LogP contribution in [0.2, 0.25) is 0 Å². The van der Waals surface area contributed by atoms with Crippen LogP contribution in [0.15, 0.2) is 96.1 Å². The van der Waals surface area contributed by atoms with Crippen molar-refractivity contribution < 1.29 is 14.3 Å². The maximum Gasteiger partial charge on any atom is 0.259 e. The third kappa shape index (κ3) is 5.89. The van der Waals surface area contributed by atoms with E-state index in [1.165, 1.54) is 0 Å². The van der Waals surface area contributed by atoms with Crippen LogP contribution < -0.4 is 20.2 Å². The molecule has 0 aliphatic carbocycles. The second kappa shape index (κ2) is 10.8. The molecule has 0 fully saturated rings. The Balaban J connectivity index is 1.31. The minimum Gasteiger partial charge on any atom is -0.493 e. The summed E-state index contributed by atoms with van der Waals surface area (Å²) in [5.74, 6) is 0.995. The molecule has 0 heterocycles. The van der Waals surface area contributed by atoms with Crippen molar-refractivity contribution in [3.05, 3.63) is 102 Å². The molecule has 1 amide bonds.